The molecular formula is C12H11ClN4S. The molecule has 3 aromatic rings. The summed E-state index contributed by atoms with van der Waals surface area (Å²) in [6.45, 7) is 0.645. The highest BCUT2D eigenvalue weighted by atomic mass is 35.5. The molecule has 0 amide bonds. The summed E-state index contributed by atoms with van der Waals surface area (Å²) in [6, 6.07) is 6.20. The zero-order valence-electron chi connectivity index (χ0n) is 9.72. The van der Waals surface area contributed by atoms with Crippen LogP contribution in [0.5, 0.6) is 0 Å². The molecule has 0 fully saturated rings. The average Bonchev–Trinajstić information content (AvgIpc) is 2.96. The van der Waals surface area contributed by atoms with Gasteiger partial charge in [0.15, 0.2) is 0 Å². The van der Waals surface area contributed by atoms with E-state index >= 15 is 0 Å². The number of aromatic nitrogens is 3. The number of nitrogens with zero attached hydrogens (tertiary/aromatic N) is 3. The van der Waals surface area contributed by atoms with Crippen molar-refractivity contribution in [3.63, 3.8) is 0 Å². The molecule has 0 atom stereocenters. The Balaban J connectivity index is 1.78. The molecule has 3 rings (SSSR count). The van der Waals surface area contributed by atoms with E-state index in [1.54, 1.807) is 6.20 Å². The van der Waals surface area contributed by atoms with Crippen LogP contribution in [0.1, 0.15) is 5.82 Å². The van der Waals surface area contributed by atoms with Crippen molar-refractivity contribution in [1.29, 1.82) is 0 Å². The van der Waals surface area contributed by atoms with E-state index < -0.39 is 0 Å². The van der Waals surface area contributed by atoms with E-state index in [-0.39, 0.29) is 0 Å². The Hall–Kier alpha value is -1.59. The monoisotopic (exact) mass is 278 g/mol. The maximum atomic E-state index is 5.94. The highest BCUT2D eigenvalue weighted by molar-refractivity contribution is 7.13. The first kappa shape index (κ1) is 11.5. The third-order valence-corrected chi connectivity index (χ3v) is 3.96. The van der Waals surface area contributed by atoms with Crippen molar-refractivity contribution in [2.75, 3.05) is 5.32 Å². The third kappa shape index (κ3) is 2.07. The summed E-state index contributed by atoms with van der Waals surface area (Å²) in [5.74, 6) is 0.906. The first-order chi connectivity index (χ1) is 8.74. The Morgan fingerprint density at radius 1 is 1.39 bits per heavy atom. The molecular weight excluding hydrogens is 268 g/mol. The van der Waals surface area contributed by atoms with Crippen molar-refractivity contribution < 1.29 is 0 Å². The summed E-state index contributed by atoms with van der Waals surface area (Å²) in [6.07, 6.45) is 3.54. The zero-order chi connectivity index (χ0) is 12.5. The van der Waals surface area contributed by atoms with Gasteiger partial charge in [-0.3, -0.25) is 0 Å². The van der Waals surface area contributed by atoms with E-state index in [1.807, 2.05) is 23.9 Å². The molecule has 6 heteroatoms. The Morgan fingerprint density at radius 2 is 2.28 bits per heavy atom. The zero-order valence-corrected chi connectivity index (χ0v) is 11.3. The van der Waals surface area contributed by atoms with Crippen LogP contribution >= 0.6 is 23.1 Å². The van der Waals surface area contributed by atoms with E-state index in [0.717, 1.165) is 16.9 Å². The van der Waals surface area contributed by atoms with Crippen LogP contribution in [0, 0.1) is 0 Å². The van der Waals surface area contributed by atoms with Gasteiger partial charge in [-0.1, -0.05) is 11.6 Å². The molecule has 0 aliphatic heterocycles. The van der Waals surface area contributed by atoms with Gasteiger partial charge in [-0.25, -0.2) is 4.98 Å². The maximum absolute atomic E-state index is 5.94. The smallest absolute Gasteiger partial charge is 0.128 e. The fourth-order valence-electron chi connectivity index (χ4n) is 1.75. The van der Waals surface area contributed by atoms with Crippen molar-refractivity contribution in [2.45, 2.75) is 6.54 Å². The number of anilines is 1. The van der Waals surface area contributed by atoms with Gasteiger partial charge in [-0.15, -0.1) is 0 Å². The Bertz CT molecular complexity index is 688. The van der Waals surface area contributed by atoms with Crippen LogP contribution in [0.4, 0.5) is 5.69 Å². The summed E-state index contributed by atoms with van der Waals surface area (Å²) in [5.41, 5.74) is 1.06. The van der Waals surface area contributed by atoms with Crippen LogP contribution in [-0.4, -0.2) is 13.9 Å². The van der Waals surface area contributed by atoms with Crippen LogP contribution < -0.4 is 5.32 Å². The highest BCUT2D eigenvalue weighted by Gasteiger charge is 2.04. The number of halogens is 1. The predicted octanol–water partition coefficient (Wildman–Crippen LogP) is 3.30. The minimum Gasteiger partial charge on any atom is -0.378 e. The molecule has 92 valence electrons. The minimum absolute atomic E-state index is 0.643. The molecule has 1 aromatic carbocycles. The Morgan fingerprint density at radius 3 is 3.06 bits per heavy atom. The molecule has 2 heterocycles. The second-order valence-electron chi connectivity index (χ2n) is 3.99. The molecule has 0 unspecified atom stereocenters. The normalized spacial score (nSPS) is 11.0. The Labute approximate surface area is 113 Å². The molecule has 0 aliphatic rings. The first-order valence-electron chi connectivity index (χ1n) is 5.48. The molecule has 0 saturated heterocycles. The molecule has 0 saturated carbocycles. The van der Waals surface area contributed by atoms with Crippen LogP contribution in [0.15, 0.2) is 30.6 Å². The number of hydrogen-bond acceptors (Lipinski definition) is 4. The lowest BCUT2D eigenvalue weighted by molar-refractivity contribution is 0.813. The number of nitrogens with one attached hydrogen (secondary N) is 1. The topological polar surface area (TPSA) is 42.7 Å². The van der Waals surface area contributed by atoms with Crippen molar-refractivity contribution in [2.24, 2.45) is 7.05 Å². The van der Waals surface area contributed by atoms with Crippen molar-refractivity contribution >= 4 is 38.9 Å². The van der Waals surface area contributed by atoms with Gasteiger partial charge in [0, 0.05) is 24.3 Å². The third-order valence-electron chi connectivity index (χ3n) is 2.83. The maximum Gasteiger partial charge on any atom is 0.128 e. The number of hydrogen-bond donors (Lipinski definition) is 1. The van der Waals surface area contributed by atoms with E-state index in [9.17, 15) is 0 Å². The SMILES string of the molecule is Cn1c(Cl)cnc1CNc1ccc2sncc2c1. The molecule has 18 heavy (non-hydrogen) atoms. The number of benzene rings is 1. The van der Waals surface area contributed by atoms with Gasteiger partial charge in [0.05, 0.1) is 17.4 Å². The lowest BCUT2D eigenvalue weighted by Gasteiger charge is -2.06. The van der Waals surface area contributed by atoms with E-state index in [2.05, 4.69) is 26.8 Å². The van der Waals surface area contributed by atoms with Gasteiger partial charge in [0.2, 0.25) is 0 Å². The molecule has 4 nitrogen and oxygen atoms in total. The minimum atomic E-state index is 0.643. The summed E-state index contributed by atoms with van der Waals surface area (Å²) in [4.78, 5) is 4.24. The number of fused-ring (bicyclic) bond motifs is 1. The molecule has 2 aromatic heterocycles. The van der Waals surface area contributed by atoms with Crippen molar-refractivity contribution in [3.05, 3.63) is 41.6 Å². The summed E-state index contributed by atoms with van der Waals surface area (Å²) < 4.78 is 7.21. The van der Waals surface area contributed by atoms with E-state index in [0.29, 0.717) is 11.7 Å². The molecule has 0 spiro atoms. The van der Waals surface area contributed by atoms with Crippen LogP contribution in [0.2, 0.25) is 5.15 Å². The van der Waals surface area contributed by atoms with Gasteiger partial charge in [0.25, 0.3) is 0 Å². The van der Waals surface area contributed by atoms with Crippen LogP contribution in [-0.2, 0) is 13.6 Å². The second-order valence-corrected chi connectivity index (χ2v) is 5.21. The molecule has 0 aliphatic carbocycles. The van der Waals surface area contributed by atoms with Crippen LogP contribution in [0.25, 0.3) is 10.1 Å². The summed E-state index contributed by atoms with van der Waals surface area (Å²) in [7, 11) is 1.90. The predicted molar refractivity (Wildman–Crippen MR) is 75.2 cm³/mol. The molecule has 0 radical (unpaired) electrons. The van der Waals surface area contributed by atoms with Gasteiger partial charge in [-0.2, -0.15) is 4.37 Å². The van der Waals surface area contributed by atoms with Gasteiger partial charge in [-0.05, 0) is 29.7 Å². The van der Waals surface area contributed by atoms with Gasteiger partial charge >= 0.3 is 0 Å². The average molecular weight is 279 g/mol. The van der Waals surface area contributed by atoms with Gasteiger partial charge in [0.1, 0.15) is 11.0 Å². The number of rotatable bonds is 3. The highest BCUT2D eigenvalue weighted by Crippen LogP contribution is 2.22. The number of imidazole rings is 1. The Kier molecular flexibility index (Phi) is 2.93. The largest absolute Gasteiger partial charge is 0.378 e. The standard InChI is InChI=1S/C12H11ClN4S/c1-17-11(13)6-15-12(17)7-14-9-2-3-10-8(4-9)5-16-18-10/h2-6,14H,7H2,1H3. The lowest BCUT2D eigenvalue weighted by Crippen LogP contribution is -2.05. The molecule has 0 bridgehead atoms. The quantitative estimate of drug-likeness (QED) is 0.799. The van der Waals surface area contributed by atoms with E-state index in [4.69, 9.17) is 11.6 Å². The summed E-state index contributed by atoms with van der Waals surface area (Å²) in [5, 5.41) is 5.13. The fraction of sp³-hybridized carbons (Fsp3) is 0.167. The van der Waals surface area contributed by atoms with Crippen molar-refractivity contribution in [3.8, 4) is 0 Å². The van der Waals surface area contributed by atoms with Gasteiger partial charge < -0.3 is 9.88 Å². The van der Waals surface area contributed by atoms with E-state index in [1.165, 1.54) is 16.2 Å². The first-order valence-corrected chi connectivity index (χ1v) is 6.63. The fourth-order valence-corrected chi connectivity index (χ4v) is 2.52. The molecule has 1 N–H and O–H groups in total. The lowest BCUT2D eigenvalue weighted by atomic mass is 10.2. The van der Waals surface area contributed by atoms with Crippen molar-refractivity contribution in [1.82, 2.24) is 13.9 Å². The second kappa shape index (κ2) is 4.59. The van der Waals surface area contributed by atoms with Crippen LogP contribution in [0.3, 0.4) is 0 Å². The summed E-state index contributed by atoms with van der Waals surface area (Å²) >= 11 is 7.44.